The van der Waals surface area contributed by atoms with Crippen LogP contribution in [0.3, 0.4) is 0 Å². The van der Waals surface area contributed by atoms with E-state index in [0.29, 0.717) is 0 Å². The molecule has 0 saturated heterocycles. The van der Waals surface area contributed by atoms with Crippen LogP contribution < -0.4 is 5.32 Å². The van der Waals surface area contributed by atoms with Gasteiger partial charge in [0.05, 0.1) is 0 Å². The molecular formula is C10H17N. The summed E-state index contributed by atoms with van der Waals surface area (Å²) in [6, 6.07) is 0.739. The maximum atomic E-state index is 5.18. The van der Waals surface area contributed by atoms with Crippen molar-refractivity contribution in [2.45, 2.75) is 38.1 Å². The SMILES string of the molecule is C#CCCCC(NC)C1CC1. The Balaban J connectivity index is 2.06. The van der Waals surface area contributed by atoms with Gasteiger partial charge in [-0.25, -0.2) is 0 Å². The van der Waals surface area contributed by atoms with Crippen molar-refractivity contribution in [2.75, 3.05) is 7.05 Å². The Kier molecular flexibility index (Phi) is 3.45. The first-order valence-electron chi connectivity index (χ1n) is 4.49. The fourth-order valence-electron chi connectivity index (χ4n) is 1.54. The zero-order chi connectivity index (χ0) is 8.10. The van der Waals surface area contributed by atoms with Gasteiger partial charge in [-0.2, -0.15) is 0 Å². The third-order valence-electron chi connectivity index (χ3n) is 2.40. The van der Waals surface area contributed by atoms with Gasteiger partial charge in [0.15, 0.2) is 0 Å². The second-order valence-corrected chi connectivity index (χ2v) is 3.33. The maximum absolute atomic E-state index is 5.18. The van der Waals surface area contributed by atoms with Gasteiger partial charge in [-0.15, -0.1) is 12.3 Å². The van der Waals surface area contributed by atoms with E-state index in [1.165, 1.54) is 25.7 Å². The highest BCUT2D eigenvalue weighted by molar-refractivity contribution is 4.88. The van der Waals surface area contributed by atoms with Gasteiger partial charge in [0.2, 0.25) is 0 Å². The third kappa shape index (κ3) is 2.95. The summed E-state index contributed by atoms with van der Waals surface area (Å²) in [5, 5.41) is 3.35. The van der Waals surface area contributed by atoms with Crippen LogP contribution in [0.2, 0.25) is 0 Å². The molecule has 1 rings (SSSR count). The van der Waals surface area contributed by atoms with Crippen molar-refractivity contribution in [1.29, 1.82) is 0 Å². The number of nitrogens with one attached hydrogen (secondary N) is 1. The minimum Gasteiger partial charge on any atom is -0.317 e. The molecule has 0 aromatic rings. The molecule has 0 radical (unpaired) electrons. The standard InChI is InChI=1S/C10H17N/c1-3-4-5-6-10(11-2)9-7-8-9/h1,9-11H,4-8H2,2H3. The Morgan fingerprint density at radius 2 is 2.36 bits per heavy atom. The van der Waals surface area contributed by atoms with Crippen molar-refractivity contribution in [1.82, 2.24) is 5.32 Å². The minimum absolute atomic E-state index is 0.739. The number of terminal acetylenes is 1. The van der Waals surface area contributed by atoms with Gasteiger partial charge < -0.3 is 5.32 Å². The van der Waals surface area contributed by atoms with Crippen LogP contribution in [0.1, 0.15) is 32.1 Å². The molecule has 0 bridgehead atoms. The van der Waals surface area contributed by atoms with Crippen molar-refractivity contribution in [3.05, 3.63) is 0 Å². The quantitative estimate of drug-likeness (QED) is 0.466. The summed E-state index contributed by atoms with van der Waals surface area (Å²) >= 11 is 0. The van der Waals surface area contributed by atoms with Gasteiger partial charge >= 0.3 is 0 Å². The van der Waals surface area contributed by atoms with Crippen molar-refractivity contribution < 1.29 is 0 Å². The van der Waals surface area contributed by atoms with Crippen LogP contribution in [0.15, 0.2) is 0 Å². The minimum atomic E-state index is 0.739. The Morgan fingerprint density at radius 1 is 1.64 bits per heavy atom. The van der Waals surface area contributed by atoms with E-state index in [1.54, 1.807) is 0 Å². The highest BCUT2D eigenvalue weighted by atomic mass is 14.9. The van der Waals surface area contributed by atoms with Gasteiger partial charge in [0, 0.05) is 12.5 Å². The Hall–Kier alpha value is -0.480. The number of hydrogen-bond donors (Lipinski definition) is 1. The maximum Gasteiger partial charge on any atom is 0.00926 e. The highest BCUT2D eigenvalue weighted by Gasteiger charge is 2.29. The molecule has 0 aromatic heterocycles. The van der Waals surface area contributed by atoms with Crippen molar-refractivity contribution in [3.8, 4) is 12.3 Å². The van der Waals surface area contributed by atoms with E-state index in [9.17, 15) is 0 Å². The molecule has 1 saturated carbocycles. The summed E-state index contributed by atoms with van der Waals surface area (Å²) < 4.78 is 0. The lowest BCUT2D eigenvalue weighted by Crippen LogP contribution is -2.26. The van der Waals surface area contributed by atoms with Gasteiger partial charge in [0.25, 0.3) is 0 Å². The molecule has 62 valence electrons. The monoisotopic (exact) mass is 151 g/mol. The number of unbranched alkanes of at least 4 members (excludes halogenated alkanes) is 1. The summed E-state index contributed by atoms with van der Waals surface area (Å²) in [6.45, 7) is 0. The normalized spacial score (nSPS) is 19.3. The molecule has 0 amide bonds. The van der Waals surface area contributed by atoms with Crippen LogP contribution in [-0.4, -0.2) is 13.1 Å². The van der Waals surface area contributed by atoms with Crippen LogP contribution in [0.5, 0.6) is 0 Å². The lowest BCUT2D eigenvalue weighted by Gasteiger charge is -2.13. The first kappa shape index (κ1) is 8.62. The Bertz CT molecular complexity index is 141. The van der Waals surface area contributed by atoms with Crippen molar-refractivity contribution >= 4 is 0 Å². The fraction of sp³-hybridized carbons (Fsp3) is 0.800. The van der Waals surface area contributed by atoms with Crippen LogP contribution >= 0.6 is 0 Å². The molecule has 0 aliphatic heterocycles. The van der Waals surface area contributed by atoms with Crippen LogP contribution in [0.25, 0.3) is 0 Å². The summed E-state index contributed by atoms with van der Waals surface area (Å²) in [6.07, 6.45) is 11.4. The zero-order valence-electron chi connectivity index (χ0n) is 7.27. The van der Waals surface area contributed by atoms with Gasteiger partial charge in [-0.1, -0.05) is 0 Å². The van der Waals surface area contributed by atoms with Gasteiger partial charge in [0.1, 0.15) is 0 Å². The highest BCUT2D eigenvalue weighted by Crippen LogP contribution is 2.34. The predicted octanol–water partition coefficient (Wildman–Crippen LogP) is 1.79. The lowest BCUT2D eigenvalue weighted by atomic mass is 10.1. The molecule has 1 aliphatic carbocycles. The molecule has 11 heavy (non-hydrogen) atoms. The topological polar surface area (TPSA) is 12.0 Å². The summed E-state index contributed by atoms with van der Waals surface area (Å²) in [5.41, 5.74) is 0. The molecule has 1 atom stereocenters. The van der Waals surface area contributed by atoms with Gasteiger partial charge in [-0.3, -0.25) is 0 Å². The molecule has 1 heteroatoms. The van der Waals surface area contributed by atoms with E-state index in [-0.39, 0.29) is 0 Å². The van der Waals surface area contributed by atoms with Gasteiger partial charge in [-0.05, 0) is 38.6 Å². The van der Waals surface area contributed by atoms with E-state index in [1.807, 2.05) is 0 Å². The largest absolute Gasteiger partial charge is 0.317 e. The molecule has 0 spiro atoms. The number of rotatable bonds is 5. The average Bonchev–Trinajstić information content (AvgIpc) is 2.81. The summed E-state index contributed by atoms with van der Waals surface area (Å²) in [5.74, 6) is 3.63. The number of hydrogen-bond acceptors (Lipinski definition) is 1. The van der Waals surface area contributed by atoms with Crippen LogP contribution in [0, 0.1) is 18.3 Å². The molecule has 1 nitrogen and oxygen atoms in total. The zero-order valence-corrected chi connectivity index (χ0v) is 7.27. The molecule has 1 unspecified atom stereocenters. The van der Waals surface area contributed by atoms with Crippen LogP contribution in [-0.2, 0) is 0 Å². The molecule has 1 N–H and O–H groups in total. The molecule has 0 aromatic carbocycles. The second kappa shape index (κ2) is 4.41. The van der Waals surface area contributed by atoms with Crippen LogP contribution in [0.4, 0.5) is 0 Å². The smallest absolute Gasteiger partial charge is 0.00926 e. The average molecular weight is 151 g/mol. The lowest BCUT2D eigenvalue weighted by molar-refractivity contribution is 0.459. The Morgan fingerprint density at radius 3 is 2.82 bits per heavy atom. The van der Waals surface area contributed by atoms with E-state index in [2.05, 4.69) is 18.3 Å². The first-order chi connectivity index (χ1) is 5.38. The van der Waals surface area contributed by atoms with Crippen molar-refractivity contribution in [3.63, 3.8) is 0 Å². The van der Waals surface area contributed by atoms with E-state index >= 15 is 0 Å². The fourth-order valence-corrected chi connectivity index (χ4v) is 1.54. The van der Waals surface area contributed by atoms with E-state index < -0.39 is 0 Å². The third-order valence-corrected chi connectivity index (χ3v) is 2.40. The molecule has 0 heterocycles. The Labute approximate surface area is 69.6 Å². The molecule has 1 fully saturated rings. The molecule has 1 aliphatic rings. The molecular weight excluding hydrogens is 134 g/mol. The van der Waals surface area contributed by atoms with Crippen molar-refractivity contribution in [2.24, 2.45) is 5.92 Å². The second-order valence-electron chi connectivity index (χ2n) is 3.33. The summed E-state index contributed by atoms with van der Waals surface area (Å²) in [4.78, 5) is 0. The first-order valence-corrected chi connectivity index (χ1v) is 4.49. The predicted molar refractivity (Wildman–Crippen MR) is 48.3 cm³/mol. The van der Waals surface area contributed by atoms with E-state index in [0.717, 1.165) is 18.4 Å². The summed E-state index contributed by atoms with van der Waals surface area (Å²) in [7, 11) is 2.05. The van der Waals surface area contributed by atoms with E-state index in [4.69, 9.17) is 6.42 Å².